The normalized spacial score (nSPS) is 17.2. The van der Waals surface area contributed by atoms with E-state index in [0.29, 0.717) is 0 Å². The van der Waals surface area contributed by atoms with Crippen LogP contribution in [0.15, 0.2) is 29.8 Å². The highest BCUT2D eigenvalue weighted by Gasteiger charge is 2.44. The van der Waals surface area contributed by atoms with Crippen LogP contribution in [-0.4, -0.2) is 110 Å². The Balaban J connectivity index is 1.48. The molecule has 3 amide bonds. The number of nitrogens with one attached hydrogen (secondary N) is 2. The zero-order valence-electron chi connectivity index (χ0n) is 26.5. The van der Waals surface area contributed by atoms with Gasteiger partial charge in [-0.05, 0) is 23.5 Å². The monoisotopic (exact) mass is 648 g/mol. The number of aryl methyl sites for hydroxylation is 1. The summed E-state index contributed by atoms with van der Waals surface area (Å²) in [5.74, 6) is -1.80. The molecule has 0 saturated carbocycles. The largest absolute Gasteiger partial charge is 0.467 e. The van der Waals surface area contributed by atoms with Crippen molar-refractivity contribution in [3.05, 3.63) is 41.0 Å². The van der Waals surface area contributed by atoms with Crippen LogP contribution in [0.5, 0.6) is 0 Å². The van der Waals surface area contributed by atoms with Gasteiger partial charge in [-0.3, -0.25) is 14.4 Å². The fraction of sp³-hybridized carbons (Fsp3) is 0.581. The third kappa shape index (κ3) is 11.2. The smallest absolute Gasteiger partial charge is 0.331 e. The molecular weight excluding hydrogens is 604 g/mol. The lowest BCUT2D eigenvalue weighted by molar-refractivity contribution is -0.146. The average molecular weight is 649 g/mol. The second kappa shape index (κ2) is 17.3. The first-order valence-corrected chi connectivity index (χ1v) is 15.6. The zero-order valence-corrected chi connectivity index (χ0v) is 27.3. The van der Waals surface area contributed by atoms with Crippen molar-refractivity contribution >= 4 is 35.0 Å². The van der Waals surface area contributed by atoms with Crippen LogP contribution in [0.3, 0.4) is 0 Å². The Morgan fingerprint density at radius 2 is 1.69 bits per heavy atom. The first-order valence-electron chi connectivity index (χ1n) is 14.8. The number of nitrogens with zero attached hydrogens (tertiary/aromatic N) is 2. The van der Waals surface area contributed by atoms with Crippen LogP contribution in [0.4, 0.5) is 0 Å². The molecule has 1 aromatic heterocycles. The highest BCUT2D eigenvalue weighted by Crippen LogP contribution is 2.28. The van der Waals surface area contributed by atoms with Gasteiger partial charge in [-0.2, -0.15) is 0 Å². The maximum Gasteiger partial charge on any atom is 0.331 e. The molecule has 0 radical (unpaired) electrons. The number of carbonyl (C=O) groups is 4. The number of aliphatic hydroxyl groups is 1. The van der Waals surface area contributed by atoms with Crippen molar-refractivity contribution in [2.75, 3.05) is 53.3 Å². The highest BCUT2D eigenvalue weighted by molar-refractivity contribution is 7.13. The number of rotatable bonds is 16. The Kier molecular flexibility index (Phi) is 13.9. The summed E-state index contributed by atoms with van der Waals surface area (Å²) in [6, 6.07) is 5.99. The van der Waals surface area contributed by atoms with Crippen molar-refractivity contribution in [3.63, 3.8) is 0 Å². The molecule has 1 unspecified atom stereocenters. The van der Waals surface area contributed by atoms with Gasteiger partial charge in [0.1, 0.15) is 25.3 Å². The van der Waals surface area contributed by atoms with Crippen molar-refractivity contribution in [2.45, 2.75) is 58.8 Å². The van der Waals surface area contributed by atoms with Crippen LogP contribution in [0.1, 0.15) is 38.4 Å². The lowest BCUT2D eigenvalue weighted by atomic mass is 9.85. The van der Waals surface area contributed by atoms with Crippen LogP contribution in [0.2, 0.25) is 0 Å². The molecule has 248 valence electrons. The maximum atomic E-state index is 13.7. The highest BCUT2D eigenvalue weighted by atomic mass is 32.1. The van der Waals surface area contributed by atoms with E-state index in [4.69, 9.17) is 14.2 Å². The molecule has 45 heavy (non-hydrogen) atoms. The lowest BCUT2D eigenvalue weighted by Crippen LogP contribution is -2.58. The average Bonchev–Trinajstić information content (AvgIpc) is 3.62. The van der Waals surface area contributed by atoms with Gasteiger partial charge in [-0.1, -0.05) is 45.0 Å². The summed E-state index contributed by atoms with van der Waals surface area (Å²) in [5, 5.41) is 16.0. The number of aromatic nitrogens is 1. The van der Waals surface area contributed by atoms with Crippen molar-refractivity contribution in [2.24, 2.45) is 5.41 Å². The molecule has 13 nitrogen and oxygen atoms in total. The number of esters is 1. The van der Waals surface area contributed by atoms with Gasteiger partial charge in [0.25, 0.3) is 0 Å². The van der Waals surface area contributed by atoms with Crippen LogP contribution >= 0.6 is 11.3 Å². The Morgan fingerprint density at radius 3 is 2.29 bits per heavy atom. The van der Waals surface area contributed by atoms with Crippen LogP contribution < -0.4 is 10.6 Å². The number of aliphatic hydroxyl groups excluding tert-OH is 1. The number of carbonyl (C=O) groups excluding carboxylic acids is 4. The van der Waals surface area contributed by atoms with Gasteiger partial charge in [-0.15, -0.1) is 11.3 Å². The van der Waals surface area contributed by atoms with E-state index in [1.54, 1.807) is 16.8 Å². The predicted molar refractivity (Wildman–Crippen MR) is 166 cm³/mol. The van der Waals surface area contributed by atoms with Gasteiger partial charge in [0.05, 0.1) is 55.7 Å². The third-order valence-electron chi connectivity index (χ3n) is 7.14. The number of ether oxygens (including phenoxy) is 4. The standard InChI is InChI=1S/C31H44N4O9S/c1-20-27(45-19-33-20)22-8-6-21(7-9-22)15-32-29(39)24-14-23(36)16-35(24)30(40)28(31(2,3)4)34-25(37)17-43-12-10-42-11-13-44-18-26(38)41-5/h6-9,19,23-24,28,36H,10-18H2,1-5H3,(H,32,39)(H,34,37)/t23-,24+,28?/m1/s1. The van der Waals surface area contributed by atoms with Gasteiger partial charge < -0.3 is 39.6 Å². The molecule has 3 rings (SSSR count). The Bertz CT molecular complexity index is 1280. The first kappa shape index (κ1) is 36.0. The Labute approximate surface area is 267 Å². The molecule has 0 spiro atoms. The molecule has 0 aliphatic carbocycles. The number of benzene rings is 1. The molecule has 1 aliphatic rings. The topological polar surface area (TPSA) is 166 Å². The van der Waals surface area contributed by atoms with Crippen molar-refractivity contribution in [3.8, 4) is 10.4 Å². The fourth-order valence-electron chi connectivity index (χ4n) is 4.70. The van der Waals surface area contributed by atoms with Crippen molar-refractivity contribution < 1.29 is 43.2 Å². The zero-order chi connectivity index (χ0) is 33.0. The van der Waals surface area contributed by atoms with Crippen LogP contribution in [-0.2, 0) is 44.7 Å². The van der Waals surface area contributed by atoms with E-state index >= 15 is 0 Å². The van der Waals surface area contributed by atoms with Gasteiger partial charge in [0.15, 0.2) is 0 Å². The number of hydrogen-bond donors (Lipinski definition) is 3. The van der Waals surface area contributed by atoms with E-state index in [-0.39, 0.29) is 65.1 Å². The molecule has 14 heteroatoms. The summed E-state index contributed by atoms with van der Waals surface area (Å²) < 4.78 is 20.2. The predicted octanol–water partition coefficient (Wildman–Crippen LogP) is 1.45. The fourth-order valence-corrected chi connectivity index (χ4v) is 5.51. The number of hydrogen-bond acceptors (Lipinski definition) is 11. The van der Waals surface area contributed by atoms with Gasteiger partial charge in [-0.25, -0.2) is 9.78 Å². The summed E-state index contributed by atoms with van der Waals surface area (Å²) in [7, 11) is 1.27. The summed E-state index contributed by atoms with van der Waals surface area (Å²) >= 11 is 1.57. The number of likely N-dealkylation sites (tertiary alicyclic amines) is 1. The molecular formula is C31H44N4O9S. The molecule has 0 bridgehead atoms. The second-order valence-corrected chi connectivity index (χ2v) is 12.6. The molecule has 1 aliphatic heterocycles. The summed E-state index contributed by atoms with van der Waals surface area (Å²) in [4.78, 5) is 57.4. The second-order valence-electron chi connectivity index (χ2n) is 11.7. The van der Waals surface area contributed by atoms with Gasteiger partial charge in [0, 0.05) is 19.5 Å². The van der Waals surface area contributed by atoms with E-state index in [1.165, 1.54) is 12.0 Å². The van der Waals surface area contributed by atoms with Crippen LogP contribution in [0, 0.1) is 12.3 Å². The van der Waals surface area contributed by atoms with Crippen molar-refractivity contribution in [1.82, 2.24) is 20.5 Å². The number of β-amino-alcohol motifs (C(OH)–C–C–N with tert-alkyl or cyclic N) is 1. The van der Waals surface area contributed by atoms with Gasteiger partial charge >= 0.3 is 5.97 Å². The molecule has 3 atom stereocenters. The molecule has 1 fully saturated rings. The molecule has 3 N–H and O–H groups in total. The number of methoxy groups -OCH3 is 1. The molecule has 1 saturated heterocycles. The Morgan fingerprint density at radius 1 is 1.04 bits per heavy atom. The van der Waals surface area contributed by atoms with E-state index in [9.17, 15) is 24.3 Å². The van der Waals surface area contributed by atoms with Crippen LogP contribution in [0.25, 0.3) is 10.4 Å². The first-order chi connectivity index (χ1) is 21.4. The molecule has 1 aromatic carbocycles. The summed E-state index contributed by atoms with van der Waals surface area (Å²) in [6.45, 7) is 7.96. The number of thiazole rings is 1. The van der Waals surface area contributed by atoms with E-state index < -0.39 is 41.4 Å². The summed E-state index contributed by atoms with van der Waals surface area (Å²) in [6.07, 6.45) is -0.764. The molecule has 2 heterocycles. The maximum absolute atomic E-state index is 13.7. The number of amides is 3. The third-order valence-corrected chi connectivity index (χ3v) is 8.11. The van der Waals surface area contributed by atoms with Gasteiger partial charge in [0.2, 0.25) is 17.7 Å². The minimum Gasteiger partial charge on any atom is -0.467 e. The lowest BCUT2D eigenvalue weighted by Gasteiger charge is -2.35. The summed E-state index contributed by atoms with van der Waals surface area (Å²) in [5.41, 5.74) is 4.02. The van der Waals surface area contributed by atoms with E-state index in [2.05, 4.69) is 20.4 Å². The van der Waals surface area contributed by atoms with Crippen molar-refractivity contribution in [1.29, 1.82) is 0 Å². The molecule has 2 aromatic rings. The SMILES string of the molecule is COC(=O)COCCOCCOCC(=O)NC(C(=O)N1C[C@H](O)C[C@H]1C(=O)NCc1ccc(-c2scnc2C)cc1)C(C)(C)C. The minimum atomic E-state index is -0.958. The minimum absolute atomic E-state index is 0.0144. The van der Waals surface area contributed by atoms with E-state index in [1.807, 2.05) is 52.0 Å². The quantitative estimate of drug-likeness (QED) is 0.179. The van der Waals surface area contributed by atoms with E-state index in [0.717, 1.165) is 21.7 Å². The Hall–Kier alpha value is -3.43.